The Morgan fingerprint density at radius 1 is 1.54 bits per heavy atom. The first-order valence-electron chi connectivity index (χ1n) is 3.60. The summed E-state index contributed by atoms with van der Waals surface area (Å²) in [6.45, 7) is 1.53. The van der Waals surface area contributed by atoms with Crippen LogP contribution in [-0.2, 0) is 12.6 Å². The number of nitrogens with one attached hydrogen (secondary N) is 1. The summed E-state index contributed by atoms with van der Waals surface area (Å²) in [5, 5.41) is 5.05. The van der Waals surface area contributed by atoms with Gasteiger partial charge in [-0.05, 0) is 12.0 Å². The maximum atomic E-state index is 12.2. The average Bonchev–Trinajstić information content (AvgIpc) is 2.01. The lowest BCUT2D eigenvalue weighted by atomic mass is 10.1. The van der Waals surface area contributed by atoms with Gasteiger partial charge in [-0.15, -0.1) is 0 Å². The predicted octanol–water partition coefficient (Wildman–Crippen LogP) is 1.35. The van der Waals surface area contributed by atoms with Crippen molar-refractivity contribution in [3.63, 3.8) is 0 Å². The number of aryl methyl sites for hydroxylation is 1. The van der Waals surface area contributed by atoms with Gasteiger partial charge in [-0.25, -0.2) is 5.10 Å². The smallest absolute Gasteiger partial charge is 0.267 e. The van der Waals surface area contributed by atoms with E-state index in [0.717, 1.165) is 6.20 Å². The highest BCUT2D eigenvalue weighted by Gasteiger charge is 2.36. The molecule has 1 heterocycles. The molecular weight excluding hydrogens is 185 g/mol. The van der Waals surface area contributed by atoms with Gasteiger partial charge in [0.05, 0.1) is 6.20 Å². The topological polar surface area (TPSA) is 45.8 Å². The molecule has 1 N–H and O–H groups in total. The van der Waals surface area contributed by atoms with Crippen LogP contribution in [0.4, 0.5) is 13.2 Å². The van der Waals surface area contributed by atoms with Crippen molar-refractivity contribution in [2.45, 2.75) is 19.5 Å². The second-order valence-electron chi connectivity index (χ2n) is 2.45. The maximum absolute atomic E-state index is 12.2. The van der Waals surface area contributed by atoms with Crippen LogP contribution in [0.5, 0.6) is 0 Å². The first-order valence-corrected chi connectivity index (χ1v) is 3.60. The molecule has 0 aliphatic rings. The number of hydrogen-bond donors (Lipinski definition) is 1. The van der Waals surface area contributed by atoms with Crippen LogP contribution in [0.2, 0.25) is 0 Å². The van der Waals surface area contributed by atoms with Gasteiger partial charge < -0.3 is 0 Å². The Balaban J connectivity index is 3.41. The monoisotopic (exact) mass is 192 g/mol. The van der Waals surface area contributed by atoms with Gasteiger partial charge in [-0.2, -0.15) is 18.3 Å². The minimum Gasteiger partial charge on any atom is -0.267 e. The Morgan fingerprint density at radius 3 is 2.54 bits per heavy atom. The quantitative estimate of drug-likeness (QED) is 0.729. The fourth-order valence-electron chi connectivity index (χ4n) is 1.01. The van der Waals surface area contributed by atoms with E-state index in [-0.39, 0.29) is 12.0 Å². The van der Waals surface area contributed by atoms with Crippen molar-refractivity contribution in [3.05, 3.63) is 27.7 Å². The fourth-order valence-corrected chi connectivity index (χ4v) is 1.01. The van der Waals surface area contributed by atoms with Crippen LogP contribution in [0, 0.1) is 0 Å². The van der Waals surface area contributed by atoms with Crippen molar-refractivity contribution in [1.82, 2.24) is 10.2 Å². The zero-order valence-corrected chi connectivity index (χ0v) is 6.77. The molecule has 0 aliphatic carbocycles. The molecule has 0 aliphatic heterocycles. The minimum atomic E-state index is -4.61. The molecule has 0 bridgehead atoms. The van der Waals surface area contributed by atoms with Crippen molar-refractivity contribution in [3.8, 4) is 0 Å². The van der Waals surface area contributed by atoms with Gasteiger partial charge in [0, 0.05) is 0 Å². The molecule has 3 nitrogen and oxygen atoms in total. The molecule has 0 spiro atoms. The van der Waals surface area contributed by atoms with Crippen molar-refractivity contribution in [2.24, 2.45) is 0 Å². The van der Waals surface area contributed by atoms with E-state index >= 15 is 0 Å². The summed E-state index contributed by atoms with van der Waals surface area (Å²) in [6, 6.07) is 0. The molecule has 0 saturated carbocycles. The summed E-state index contributed by atoms with van der Waals surface area (Å²) in [7, 11) is 0. The first kappa shape index (κ1) is 9.76. The molecule has 6 heteroatoms. The number of rotatable bonds is 1. The first-order chi connectivity index (χ1) is 5.96. The van der Waals surface area contributed by atoms with Crippen LogP contribution < -0.4 is 5.56 Å². The molecule has 0 unspecified atom stereocenters. The Morgan fingerprint density at radius 2 is 2.15 bits per heavy atom. The van der Waals surface area contributed by atoms with Gasteiger partial charge in [0.2, 0.25) is 0 Å². The van der Waals surface area contributed by atoms with Crippen LogP contribution in [0.15, 0.2) is 11.0 Å². The van der Waals surface area contributed by atoms with Gasteiger partial charge in [0.1, 0.15) is 5.56 Å². The normalized spacial score (nSPS) is 11.7. The van der Waals surface area contributed by atoms with E-state index in [4.69, 9.17) is 0 Å². The Bertz CT molecular complexity index is 355. The number of halogens is 3. The fraction of sp³-hybridized carbons (Fsp3) is 0.429. The molecule has 13 heavy (non-hydrogen) atoms. The number of nitrogens with zero attached hydrogens (tertiary/aromatic N) is 1. The summed E-state index contributed by atoms with van der Waals surface area (Å²) in [5.74, 6) is 0. The van der Waals surface area contributed by atoms with Crippen molar-refractivity contribution >= 4 is 0 Å². The van der Waals surface area contributed by atoms with Crippen LogP contribution in [0.25, 0.3) is 0 Å². The number of aromatic nitrogens is 2. The highest BCUT2D eigenvalue weighted by molar-refractivity contribution is 5.23. The summed E-state index contributed by atoms with van der Waals surface area (Å²) >= 11 is 0. The SMILES string of the molecule is CCc1cn[nH]c(=O)c1C(F)(F)F. The predicted molar refractivity (Wildman–Crippen MR) is 39.2 cm³/mol. The van der Waals surface area contributed by atoms with Crippen LogP contribution >= 0.6 is 0 Å². The molecular formula is C7H7F3N2O. The Labute approximate surface area is 71.6 Å². The molecule has 1 aromatic rings. The minimum absolute atomic E-state index is 0.0868. The molecule has 1 rings (SSSR count). The third kappa shape index (κ3) is 1.88. The van der Waals surface area contributed by atoms with E-state index in [9.17, 15) is 18.0 Å². The van der Waals surface area contributed by atoms with Crippen molar-refractivity contribution in [1.29, 1.82) is 0 Å². The molecule has 0 radical (unpaired) electrons. The standard InChI is InChI=1S/C7H7F3N2O/c1-2-4-3-11-12-6(13)5(4)7(8,9)10/h3H,2H2,1H3,(H,12,13). The molecule has 0 atom stereocenters. The summed E-state index contributed by atoms with van der Waals surface area (Å²) < 4.78 is 36.7. The van der Waals surface area contributed by atoms with Crippen LogP contribution in [-0.4, -0.2) is 10.2 Å². The largest absolute Gasteiger partial charge is 0.422 e. The second kappa shape index (κ2) is 3.20. The van der Waals surface area contributed by atoms with Gasteiger partial charge in [0.25, 0.3) is 5.56 Å². The van der Waals surface area contributed by atoms with Gasteiger partial charge in [-0.1, -0.05) is 6.92 Å². The Kier molecular flexibility index (Phi) is 2.40. The van der Waals surface area contributed by atoms with Crippen molar-refractivity contribution in [2.75, 3.05) is 0 Å². The van der Waals surface area contributed by atoms with Gasteiger partial charge in [-0.3, -0.25) is 4.79 Å². The molecule has 0 aromatic carbocycles. The number of hydrogen-bond acceptors (Lipinski definition) is 2. The van der Waals surface area contributed by atoms with E-state index in [1.807, 2.05) is 0 Å². The van der Waals surface area contributed by atoms with E-state index < -0.39 is 17.3 Å². The number of H-pyrrole nitrogens is 1. The molecule has 0 amide bonds. The molecule has 0 fully saturated rings. The maximum Gasteiger partial charge on any atom is 0.422 e. The second-order valence-corrected chi connectivity index (χ2v) is 2.45. The zero-order chi connectivity index (χ0) is 10.1. The lowest BCUT2D eigenvalue weighted by Crippen LogP contribution is -2.24. The summed E-state index contributed by atoms with van der Waals surface area (Å²) in [6.07, 6.45) is -3.46. The lowest BCUT2D eigenvalue weighted by molar-refractivity contribution is -0.139. The van der Waals surface area contributed by atoms with Crippen molar-refractivity contribution < 1.29 is 13.2 Å². The Hall–Kier alpha value is -1.33. The van der Waals surface area contributed by atoms with E-state index in [1.165, 1.54) is 6.92 Å². The number of aromatic amines is 1. The zero-order valence-electron chi connectivity index (χ0n) is 6.77. The summed E-state index contributed by atoms with van der Waals surface area (Å²) in [5.41, 5.74) is -2.42. The van der Waals surface area contributed by atoms with E-state index in [1.54, 1.807) is 5.10 Å². The van der Waals surface area contributed by atoms with E-state index in [2.05, 4.69) is 5.10 Å². The highest BCUT2D eigenvalue weighted by atomic mass is 19.4. The molecule has 72 valence electrons. The third-order valence-electron chi connectivity index (χ3n) is 1.60. The van der Waals surface area contributed by atoms with E-state index in [0.29, 0.717) is 0 Å². The van der Waals surface area contributed by atoms with Gasteiger partial charge >= 0.3 is 6.18 Å². The van der Waals surface area contributed by atoms with Gasteiger partial charge in [0.15, 0.2) is 0 Å². The van der Waals surface area contributed by atoms with Crippen LogP contribution in [0.1, 0.15) is 18.1 Å². The molecule has 1 aromatic heterocycles. The third-order valence-corrected chi connectivity index (χ3v) is 1.60. The number of alkyl halides is 3. The average molecular weight is 192 g/mol. The molecule has 0 saturated heterocycles. The summed E-state index contributed by atoms with van der Waals surface area (Å²) in [4.78, 5) is 10.8. The lowest BCUT2D eigenvalue weighted by Gasteiger charge is -2.08. The highest BCUT2D eigenvalue weighted by Crippen LogP contribution is 2.28. The van der Waals surface area contributed by atoms with Crippen LogP contribution in [0.3, 0.4) is 0 Å².